The van der Waals surface area contributed by atoms with Gasteiger partial charge in [-0.2, -0.15) is 0 Å². The Bertz CT molecular complexity index is 27.0. The van der Waals surface area contributed by atoms with Gasteiger partial charge in [-0.1, -0.05) is 0 Å². The van der Waals surface area contributed by atoms with Gasteiger partial charge in [-0.05, 0) is 0 Å². The van der Waals surface area contributed by atoms with Gasteiger partial charge in [0.15, 0.2) is 0 Å². The van der Waals surface area contributed by atoms with Crippen LogP contribution >= 0.6 is 0 Å². The third-order valence-corrected chi connectivity index (χ3v) is 0. The summed E-state index contributed by atoms with van der Waals surface area (Å²) in [5, 5.41) is 12.5. The Morgan fingerprint density at radius 2 is 0.833 bits per heavy atom. The van der Waals surface area contributed by atoms with Crippen molar-refractivity contribution in [3.05, 3.63) is 13.1 Å². The minimum atomic E-state index is 0. The van der Waals surface area contributed by atoms with Gasteiger partial charge < -0.3 is 23.7 Å². The van der Waals surface area contributed by atoms with E-state index >= 15 is 0 Å². The molecule has 0 amide bonds. The van der Waals surface area contributed by atoms with Gasteiger partial charge in [-0.3, -0.25) is 0 Å². The van der Waals surface area contributed by atoms with E-state index < -0.39 is 0 Å². The fourth-order valence-electron chi connectivity index (χ4n) is 0. The van der Waals surface area contributed by atoms with Crippen molar-refractivity contribution < 1.29 is 17.1 Å². The summed E-state index contributed by atoms with van der Waals surface area (Å²) >= 11 is 0. The molecule has 0 aromatic carbocycles. The first-order valence-electron chi connectivity index (χ1n) is 0.447. The van der Waals surface area contributed by atoms with Crippen LogP contribution in [0.5, 0.6) is 0 Å². The normalized spacial score (nSPS) is 0.667. The van der Waals surface area contributed by atoms with Crippen LogP contribution in [0.1, 0.15) is 0 Å². The zero-order valence-electron chi connectivity index (χ0n) is 2.75. The van der Waals surface area contributed by atoms with Crippen molar-refractivity contribution in [1.29, 1.82) is 10.5 Å². The van der Waals surface area contributed by atoms with E-state index in [9.17, 15) is 0 Å². The van der Waals surface area contributed by atoms with Crippen LogP contribution in [-0.2, 0) is 17.1 Å². The molecule has 0 saturated heterocycles. The predicted molar refractivity (Wildman–Crippen MR) is 15.7 cm³/mol. The molecule has 0 aliphatic carbocycles. The van der Waals surface area contributed by atoms with Gasteiger partial charge in [0.1, 0.15) is 0 Å². The van der Waals surface area contributed by atoms with Gasteiger partial charge >= 0.3 is 17.1 Å². The molecule has 0 aromatic rings. The molecular formula is C2FeN2Pb. The molecule has 0 aliphatic rings. The van der Waals surface area contributed by atoms with Crippen LogP contribution in [0.2, 0.25) is 0 Å². The summed E-state index contributed by atoms with van der Waals surface area (Å²) < 4.78 is 0. The Labute approximate surface area is 67.8 Å². The van der Waals surface area contributed by atoms with Crippen LogP contribution in [0.3, 0.4) is 0 Å². The molecule has 4 radical (unpaired) electrons. The summed E-state index contributed by atoms with van der Waals surface area (Å²) in [4.78, 5) is 0. The Balaban J connectivity index is -0.00000000500. The zero-order chi connectivity index (χ0) is 4.00. The summed E-state index contributed by atoms with van der Waals surface area (Å²) in [5.74, 6) is 0. The van der Waals surface area contributed by atoms with Gasteiger partial charge in [0.2, 0.25) is 0 Å². The SMILES string of the molecule is [C-]#N.[C-]#N.[Fe+2].[Pb]. The quantitative estimate of drug-likeness (QED) is 0.459. The van der Waals surface area contributed by atoms with E-state index in [4.69, 9.17) is 23.7 Å². The second-order valence-electron chi connectivity index (χ2n) is 0. The first-order chi connectivity index (χ1) is 2.00. The van der Waals surface area contributed by atoms with Crippen LogP contribution in [0.4, 0.5) is 0 Å². The fraction of sp³-hybridized carbons (Fsp3) is 0. The van der Waals surface area contributed by atoms with E-state index in [0.717, 1.165) is 0 Å². The van der Waals surface area contributed by atoms with E-state index in [-0.39, 0.29) is 44.4 Å². The largest absolute Gasteiger partial charge is 2.00 e. The van der Waals surface area contributed by atoms with Crippen molar-refractivity contribution in [2.24, 2.45) is 0 Å². The summed E-state index contributed by atoms with van der Waals surface area (Å²) in [6.07, 6.45) is 0. The van der Waals surface area contributed by atoms with E-state index in [1.165, 1.54) is 0 Å². The average molecular weight is 315 g/mol. The molecule has 0 aromatic heterocycles. The molecule has 0 bridgehead atoms. The Morgan fingerprint density at radius 1 is 0.833 bits per heavy atom. The number of rotatable bonds is 0. The van der Waals surface area contributed by atoms with E-state index in [1.54, 1.807) is 0 Å². The van der Waals surface area contributed by atoms with E-state index in [1.807, 2.05) is 0 Å². The molecule has 0 N–H and O–H groups in total. The maximum absolute atomic E-state index is 6.25. The molecule has 0 saturated carbocycles. The van der Waals surface area contributed by atoms with E-state index in [2.05, 4.69) is 0 Å². The zero-order valence-corrected chi connectivity index (χ0v) is 7.74. The Kier molecular flexibility index (Phi) is 3200. The number of hydrogen-bond donors (Lipinski definition) is 0. The summed E-state index contributed by atoms with van der Waals surface area (Å²) in [5.41, 5.74) is 0. The van der Waals surface area contributed by atoms with Gasteiger partial charge in [0.05, 0.1) is 0 Å². The molecule has 0 fully saturated rings. The van der Waals surface area contributed by atoms with E-state index in [0.29, 0.717) is 0 Å². The summed E-state index contributed by atoms with van der Waals surface area (Å²) in [6.45, 7) is 9.50. The van der Waals surface area contributed by atoms with Gasteiger partial charge in [-0.25, -0.2) is 0 Å². The molecule has 2 nitrogen and oxygen atoms in total. The van der Waals surface area contributed by atoms with Crippen LogP contribution in [-0.4, -0.2) is 27.3 Å². The summed E-state index contributed by atoms with van der Waals surface area (Å²) in [6, 6.07) is 0. The first-order valence-corrected chi connectivity index (χ1v) is 0.447. The molecule has 0 aliphatic heterocycles. The molecule has 0 unspecified atom stereocenters. The molecular weight excluding hydrogens is 315 g/mol. The van der Waals surface area contributed by atoms with Crippen molar-refractivity contribution in [2.45, 2.75) is 0 Å². The Hall–Kier alpha value is 0.422. The first kappa shape index (κ1) is 32.2. The smallest absolute Gasteiger partial charge is 0.512 e. The second kappa shape index (κ2) is 596. The third kappa shape index (κ3) is 291. The van der Waals surface area contributed by atoms with Crippen LogP contribution in [0.25, 0.3) is 0 Å². The van der Waals surface area contributed by atoms with Crippen molar-refractivity contribution >= 4 is 27.3 Å². The third-order valence-electron chi connectivity index (χ3n) is 0. The van der Waals surface area contributed by atoms with Gasteiger partial charge in [-0.15, -0.1) is 0 Å². The van der Waals surface area contributed by atoms with Crippen molar-refractivity contribution in [3.8, 4) is 0 Å². The van der Waals surface area contributed by atoms with Crippen LogP contribution < -0.4 is 0 Å². The Morgan fingerprint density at radius 3 is 0.833 bits per heavy atom. The molecule has 0 spiro atoms. The molecule has 4 heteroatoms. The van der Waals surface area contributed by atoms with Gasteiger partial charge in [0, 0.05) is 27.3 Å². The predicted octanol–water partition coefficient (Wildman–Crippen LogP) is -0.191. The second-order valence-corrected chi connectivity index (χ2v) is 0. The van der Waals surface area contributed by atoms with Crippen LogP contribution in [0, 0.1) is 23.7 Å². The van der Waals surface area contributed by atoms with Crippen molar-refractivity contribution in [1.82, 2.24) is 0 Å². The molecule has 0 rings (SSSR count). The standard InChI is InChI=1S/2CN.Fe.Pb/c2*1-2;;/q2*-1;+2;. The minimum absolute atomic E-state index is 0. The topological polar surface area (TPSA) is 47.6 Å². The van der Waals surface area contributed by atoms with Crippen molar-refractivity contribution in [2.75, 3.05) is 0 Å². The molecule has 0 heterocycles. The summed E-state index contributed by atoms with van der Waals surface area (Å²) in [7, 11) is 0. The number of hydrogen-bond acceptors (Lipinski definition) is 2. The average Bonchev–Trinajstić information content (AvgIpc) is 1.50. The maximum atomic E-state index is 6.25. The molecule has 0 atom stereocenters. The fourth-order valence-corrected chi connectivity index (χ4v) is 0. The van der Waals surface area contributed by atoms with Gasteiger partial charge in [0.25, 0.3) is 0 Å². The molecule has 6 heavy (non-hydrogen) atoms. The molecule has 30 valence electrons. The monoisotopic (exact) mass is 316 g/mol. The maximum Gasteiger partial charge on any atom is 2.00 e. The number of nitrogens with zero attached hydrogens (tertiary/aromatic N) is 2. The van der Waals surface area contributed by atoms with Crippen molar-refractivity contribution in [3.63, 3.8) is 0 Å². The van der Waals surface area contributed by atoms with Crippen LogP contribution in [0.15, 0.2) is 0 Å². The minimum Gasteiger partial charge on any atom is -0.512 e.